The second-order valence-corrected chi connectivity index (χ2v) is 8.85. The molecule has 0 aliphatic carbocycles. The molecule has 1 aliphatic rings. The average molecular weight is 439 g/mol. The van der Waals surface area contributed by atoms with Crippen molar-refractivity contribution in [2.75, 3.05) is 11.4 Å². The van der Waals surface area contributed by atoms with Crippen LogP contribution in [0.15, 0.2) is 43.4 Å². The van der Waals surface area contributed by atoms with Gasteiger partial charge in [-0.25, -0.2) is 13.4 Å². The summed E-state index contributed by atoms with van der Waals surface area (Å²) in [5.74, 6) is 0. The number of nitrogens with zero attached hydrogens (tertiary/aromatic N) is 4. The molecule has 0 spiro atoms. The van der Waals surface area contributed by atoms with E-state index in [4.69, 9.17) is 0 Å². The zero-order valence-corrected chi connectivity index (χ0v) is 16.7. The van der Waals surface area contributed by atoms with Gasteiger partial charge in [0, 0.05) is 31.0 Å². The summed E-state index contributed by atoms with van der Waals surface area (Å²) >= 11 is 0. The fraction of sp³-hybridized carbons (Fsp3) is 0.368. The summed E-state index contributed by atoms with van der Waals surface area (Å²) in [7, 11) is -5.55. The smallest absolute Gasteiger partial charge is 0.361 e. The summed E-state index contributed by atoms with van der Waals surface area (Å²) < 4.78 is 64.9. The number of benzene rings is 1. The number of sulfonamides is 1. The molecule has 0 bridgehead atoms. The van der Waals surface area contributed by atoms with Gasteiger partial charge in [0.05, 0.1) is 30.2 Å². The van der Waals surface area contributed by atoms with Gasteiger partial charge in [-0.1, -0.05) is 6.08 Å². The molecule has 3 rings (SSSR count). The van der Waals surface area contributed by atoms with Crippen LogP contribution in [-0.4, -0.2) is 40.8 Å². The molecular weight excluding hydrogens is 419 g/mol. The Morgan fingerprint density at radius 3 is 2.77 bits per heavy atom. The lowest BCUT2D eigenvalue weighted by Gasteiger charge is -2.34. The number of nitriles is 1. The highest BCUT2D eigenvalue weighted by Gasteiger charge is 2.51. The second kappa shape index (κ2) is 8.49. The Morgan fingerprint density at radius 2 is 2.17 bits per heavy atom. The molecule has 0 fully saturated rings. The largest absolute Gasteiger partial charge is 0.511 e. The van der Waals surface area contributed by atoms with Crippen molar-refractivity contribution < 1.29 is 21.6 Å². The Kier molecular flexibility index (Phi) is 6.19. The first kappa shape index (κ1) is 21.9. The summed E-state index contributed by atoms with van der Waals surface area (Å²) in [6, 6.07) is 6.05. The van der Waals surface area contributed by atoms with Gasteiger partial charge in [-0.2, -0.15) is 22.7 Å². The predicted octanol–water partition coefficient (Wildman–Crippen LogP) is 3.29. The number of aromatic nitrogens is 2. The van der Waals surface area contributed by atoms with Crippen molar-refractivity contribution in [2.45, 2.75) is 37.5 Å². The first-order valence-corrected chi connectivity index (χ1v) is 10.6. The van der Waals surface area contributed by atoms with Crippen LogP contribution in [0.1, 0.15) is 29.7 Å². The second-order valence-electron chi connectivity index (χ2n) is 6.92. The minimum Gasteiger partial charge on any atom is -0.361 e. The van der Waals surface area contributed by atoms with Crippen molar-refractivity contribution in [1.29, 1.82) is 5.26 Å². The lowest BCUT2D eigenvalue weighted by molar-refractivity contribution is -0.0492. The third-order valence-corrected chi connectivity index (χ3v) is 6.49. The minimum absolute atomic E-state index is 0.240. The van der Waals surface area contributed by atoms with Crippen LogP contribution < -0.4 is 4.90 Å². The quantitative estimate of drug-likeness (QED) is 0.698. The van der Waals surface area contributed by atoms with Gasteiger partial charge >= 0.3 is 15.5 Å². The van der Waals surface area contributed by atoms with Crippen LogP contribution in [-0.2, 0) is 23.1 Å². The van der Waals surface area contributed by atoms with Crippen LogP contribution in [0.25, 0.3) is 0 Å². The Balaban J connectivity index is 2.12. The zero-order chi connectivity index (χ0) is 21.9. The van der Waals surface area contributed by atoms with Crippen molar-refractivity contribution in [2.24, 2.45) is 0 Å². The molecule has 11 heteroatoms. The lowest BCUT2D eigenvalue weighted by Crippen LogP contribution is -2.46. The number of halogens is 3. The van der Waals surface area contributed by atoms with E-state index in [9.17, 15) is 26.9 Å². The van der Waals surface area contributed by atoms with Gasteiger partial charge in [0.25, 0.3) is 0 Å². The third kappa shape index (κ3) is 4.34. The SMILES string of the molecule is C=CCCC1CN(S(=O)(=O)C(F)(F)F)Cc2cc(C#N)ccc2N1Cc1cnc[nH]1. The minimum atomic E-state index is -5.55. The first-order valence-electron chi connectivity index (χ1n) is 9.11. The van der Waals surface area contributed by atoms with E-state index in [0.29, 0.717) is 34.9 Å². The van der Waals surface area contributed by atoms with Crippen LogP contribution in [0, 0.1) is 11.3 Å². The molecule has 160 valence electrons. The molecular formula is C19H20F3N5O2S. The molecule has 0 saturated carbocycles. The standard InChI is InChI=1S/C19H20F3N5O2S/c1-2-3-4-17-12-26(30(28,29)19(20,21)22)10-15-7-14(8-23)5-6-18(15)27(17)11-16-9-24-13-25-16/h2,5-7,9,13,17H,1,3-4,10-12H2,(H,24,25). The molecule has 1 atom stereocenters. The number of hydrogen-bond acceptors (Lipinski definition) is 5. The Labute approximate surface area is 172 Å². The molecule has 30 heavy (non-hydrogen) atoms. The maximum atomic E-state index is 13.3. The van der Waals surface area contributed by atoms with E-state index in [2.05, 4.69) is 16.5 Å². The fourth-order valence-electron chi connectivity index (χ4n) is 3.50. The highest BCUT2D eigenvalue weighted by molar-refractivity contribution is 7.89. The Hall–Kier alpha value is -2.84. The number of H-pyrrole nitrogens is 1. The van der Waals surface area contributed by atoms with E-state index in [1.54, 1.807) is 24.4 Å². The van der Waals surface area contributed by atoms with E-state index in [-0.39, 0.29) is 12.1 Å². The summed E-state index contributed by atoms with van der Waals surface area (Å²) in [5, 5.41) is 9.21. The number of fused-ring (bicyclic) bond motifs is 1. The number of hydrogen-bond donors (Lipinski definition) is 1. The summed E-state index contributed by atoms with van der Waals surface area (Å²) in [6.45, 7) is 3.13. The Morgan fingerprint density at radius 1 is 1.40 bits per heavy atom. The Bertz CT molecular complexity index is 1050. The summed E-state index contributed by atoms with van der Waals surface area (Å²) in [5.41, 5.74) is -3.54. The lowest BCUT2D eigenvalue weighted by atomic mass is 10.1. The fourth-order valence-corrected chi connectivity index (χ4v) is 4.47. The van der Waals surface area contributed by atoms with Gasteiger partial charge in [0.1, 0.15) is 0 Å². The van der Waals surface area contributed by atoms with Gasteiger partial charge in [-0.05, 0) is 36.6 Å². The molecule has 0 amide bonds. The highest BCUT2D eigenvalue weighted by Crippen LogP contribution is 2.36. The number of alkyl halides is 3. The van der Waals surface area contributed by atoms with Crippen LogP contribution in [0.4, 0.5) is 18.9 Å². The first-order chi connectivity index (χ1) is 14.2. The van der Waals surface area contributed by atoms with Crippen LogP contribution in [0.2, 0.25) is 0 Å². The van der Waals surface area contributed by atoms with E-state index < -0.39 is 28.1 Å². The topological polar surface area (TPSA) is 93.1 Å². The number of imidazole rings is 1. The van der Waals surface area contributed by atoms with Crippen molar-refractivity contribution in [3.63, 3.8) is 0 Å². The zero-order valence-electron chi connectivity index (χ0n) is 15.9. The van der Waals surface area contributed by atoms with Gasteiger partial charge in [-0.15, -0.1) is 6.58 Å². The van der Waals surface area contributed by atoms with Crippen molar-refractivity contribution in [3.8, 4) is 6.07 Å². The molecule has 0 saturated heterocycles. The highest BCUT2D eigenvalue weighted by atomic mass is 32.2. The number of aromatic amines is 1. The van der Waals surface area contributed by atoms with Crippen LogP contribution in [0.3, 0.4) is 0 Å². The number of allylic oxidation sites excluding steroid dienone is 1. The van der Waals surface area contributed by atoms with Crippen LogP contribution >= 0.6 is 0 Å². The number of nitrogens with one attached hydrogen (secondary N) is 1. The summed E-state index contributed by atoms with van der Waals surface area (Å²) in [4.78, 5) is 8.80. The maximum Gasteiger partial charge on any atom is 0.511 e. The van der Waals surface area contributed by atoms with Crippen molar-refractivity contribution in [1.82, 2.24) is 14.3 Å². The van der Waals surface area contributed by atoms with E-state index >= 15 is 0 Å². The normalized spacial score (nSPS) is 17.8. The summed E-state index contributed by atoms with van der Waals surface area (Å²) in [6.07, 6.45) is 5.63. The van der Waals surface area contributed by atoms with Gasteiger partial charge < -0.3 is 9.88 Å². The van der Waals surface area contributed by atoms with E-state index in [1.165, 1.54) is 12.4 Å². The molecule has 7 nitrogen and oxygen atoms in total. The van der Waals surface area contributed by atoms with E-state index in [0.717, 1.165) is 5.69 Å². The van der Waals surface area contributed by atoms with E-state index in [1.807, 2.05) is 11.0 Å². The molecule has 1 N–H and O–H groups in total. The monoisotopic (exact) mass is 439 g/mol. The molecule has 2 heterocycles. The molecule has 1 unspecified atom stereocenters. The molecule has 1 aromatic carbocycles. The molecule has 0 radical (unpaired) electrons. The number of anilines is 1. The van der Waals surface area contributed by atoms with Gasteiger partial charge in [0.2, 0.25) is 0 Å². The third-order valence-electron chi connectivity index (χ3n) is 4.95. The van der Waals surface area contributed by atoms with Gasteiger partial charge in [0.15, 0.2) is 0 Å². The van der Waals surface area contributed by atoms with Crippen molar-refractivity contribution in [3.05, 3.63) is 60.2 Å². The molecule has 2 aromatic rings. The van der Waals surface area contributed by atoms with Gasteiger partial charge in [-0.3, -0.25) is 0 Å². The number of rotatable bonds is 6. The molecule has 1 aromatic heterocycles. The molecule has 1 aliphatic heterocycles. The predicted molar refractivity (Wildman–Crippen MR) is 105 cm³/mol. The van der Waals surface area contributed by atoms with Crippen molar-refractivity contribution >= 4 is 15.7 Å². The maximum absolute atomic E-state index is 13.3. The average Bonchev–Trinajstić information content (AvgIpc) is 3.15. The van der Waals surface area contributed by atoms with Crippen LogP contribution in [0.5, 0.6) is 0 Å².